The van der Waals surface area contributed by atoms with Gasteiger partial charge in [0.25, 0.3) is 0 Å². The number of hydrogen-bond acceptors (Lipinski definition) is 3. The van der Waals surface area contributed by atoms with E-state index in [2.05, 4.69) is 4.98 Å². The van der Waals surface area contributed by atoms with Gasteiger partial charge in [-0.05, 0) is 23.8 Å². The molecule has 1 aromatic heterocycles. The van der Waals surface area contributed by atoms with E-state index in [9.17, 15) is 9.50 Å². The second-order valence-corrected chi connectivity index (χ2v) is 3.54. The lowest BCUT2D eigenvalue weighted by atomic mass is 10.0. The monoisotopic (exact) mass is 228 g/mol. The quantitative estimate of drug-likeness (QED) is 0.857. The van der Waals surface area contributed by atoms with E-state index in [-0.39, 0.29) is 5.56 Å². The minimum Gasteiger partial charge on any atom is -0.384 e. The van der Waals surface area contributed by atoms with E-state index in [1.165, 1.54) is 18.3 Å². The highest BCUT2D eigenvalue weighted by Crippen LogP contribution is 2.23. The average molecular weight is 228 g/mol. The van der Waals surface area contributed by atoms with Crippen LogP contribution in [0.1, 0.15) is 22.8 Å². The number of halogens is 1. The molecule has 1 unspecified atom stereocenters. The van der Waals surface area contributed by atoms with Gasteiger partial charge in [0, 0.05) is 11.8 Å². The summed E-state index contributed by atoms with van der Waals surface area (Å²) in [5.74, 6) is -0.567. The number of aliphatic hydroxyl groups excluding tert-OH is 1. The molecule has 0 amide bonds. The van der Waals surface area contributed by atoms with Crippen LogP contribution in [0.4, 0.5) is 4.39 Å². The number of aliphatic hydroxyl groups is 1. The number of nitriles is 1. The molecule has 0 spiro atoms. The van der Waals surface area contributed by atoms with Crippen LogP contribution in [0.25, 0.3) is 0 Å². The molecular weight excluding hydrogens is 219 g/mol. The molecule has 0 saturated heterocycles. The van der Waals surface area contributed by atoms with Gasteiger partial charge in [-0.3, -0.25) is 4.98 Å². The molecule has 1 N–H and O–H groups in total. The molecule has 0 aliphatic rings. The molecular formula is C13H9FN2O. The highest BCUT2D eigenvalue weighted by Gasteiger charge is 2.14. The molecule has 2 rings (SSSR count). The Morgan fingerprint density at radius 3 is 2.88 bits per heavy atom. The lowest BCUT2D eigenvalue weighted by Crippen LogP contribution is -2.03. The minimum absolute atomic E-state index is 0.148. The van der Waals surface area contributed by atoms with Crippen LogP contribution in [0.3, 0.4) is 0 Å². The van der Waals surface area contributed by atoms with E-state index < -0.39 is 11.9 Å². The predicted molar refractivity (Wildman–Crippen MR) is 59.4 cm³/mol. The zero-order chi connectivity index (χ0) is 12.3. The molecule has 0 fully saturated rings. The number of pyridine rings is 1. The normalized spacial score (nSPS) is 11.8. The average Bonchev–Trinajstić information content (AvgIpc) is 2.38. The smallest absolute Gasteiger partial charge is 0.147 e. The van der Waals surface area contributed by atoms with Crippen molar-refractivity contribution in [2.24, 2.45) is 0 Å². The summed E-state index contributed by atoms with van der Waals surface area (Å²) < 4.78 is 13.4. The first kappa shape index (κ1) is 11.2. The Kier molecular flexibility index (Phi) is 3.12. The van der Waals surface area contributed by atoms with Gasteiger partial charge in [0.1, 0.15) is 11.9 Å². The zero-order valence-corrected chi connectivity index (χ0v) is 8.84. The molecule has 1 atom stereocenters. The van der Waals surface area contributed by atoms with Crippen LogP contribution in [-0.2, 0) is 0 Å². The SMILES string of the molecule is N#Cc1cccc(C(O)c2ccncc2F)c1. The van der Waals surface area contributed by atoms with Crippen molar-refractivity contribution in [1.29, 1.82) is 5.26 Å². The van der Waals surface area contributed by atoms with E-state index in [0.29, 0.717) is 11.1 Å². The van der Waals surface area contributed by atoms with E-state index in [1.54, 1.807) is 18.2 Å². The molecule has 0 radical (unpaired) electrons. The fourth-order valence-corrected chi connectivity index (χ4v) is 1.57. The molecule has 84 valence electrons. The molecule has 4 heteroatoms. The van der Waals surface area contributed by atoms with Crippen molar-refractivity contribution in [1.82, 2.24) is 4.98 Å². The van der Waals surface area contributed by atoms with Crippen molar-refractivity contribution in [2.75, 3.05) is 0 Å². The van der Waals surface area contributed by atoms with Crippen LogP contribution >= 0.6 is 0 Å². The number of nitrogens with zero attached hydrogens (tertiary/aromatic N) is 2. The van der Waals surface area contributed by atoms with E-state index in [1.807, 2.05) is 6.07 Å². The van der Waals surface area contributed by atoms with Crippen LogP contribution in [0.2, 0.25) is 0 Å². The summed E-state index contributed by atoms with van der Waals surface area (Å²) in [5.41, 5.74) is 1.06. The summed E-state index contributed by atoms with van der Waals surface area (Å²) in [6, 6.07) is 9.84. The van der Waals surface area contributed by atoms with Crippen molar-refractivity contribution in [2.45, 2.75) is 6.10 Å². The fraction of sp³-hybridized carbons (Fsp3) is 0.0769. The zero-order valence-electron chi connectivity index (χ0n) is 8.84. The van der Waals surface area contributed by atoms with Crippen molar-refractivity contribution in [3.8, 4) is 6.07 Å². The van der Waals surface area contributed by atoms with Crippen LogP contribution in [0, 0.1) is 17.1 Å². The van der Waals surface area contributed by atoms with Crippen LogP contribution in [0.15, 0.2) is 42.7 Å². The molecule has 0 aliphatic heterocycles. The summed E-state index contributed by atoms with van der Waals surface area (Å²) in [5, 5.41) is 18.8. The lowest BCUT2D eigenvalue weighted by Gasteiger charge is -2.11. The highest BCUT2D eigenvalue weighted by molar-refractivity contribution is 5.37. The van der Waals surface area contributed by atoms with E-state index in [4.69, 9.17) is 5.26 Å². The van der Waals surface area contributed by atoms with Gasteiger partial charge in [-0.1, -0.05) is 12.1 Å². The first-order valence-corrected chi connectivity index (χ1v) is 5.00. The van der Waals surface area contributed by atoms with Crippen molar-refractivity contribution in [3.63, 3.8) is 0 Å². The van der Waals surface area contributed by atoms with Crippen molar-refractivity contribution >= 4 is 0 Å². The van der Waals surface area contributed by atoms with E-state index >= 15 is 0 Å². The van der Waals surface area contributed by atoms with Gasteiger partial charge >= 0.3 is 0 Å². The lowest BCUT2D eigenvalue weighted by molar-refractivity contribution is 0.214. The van der Waals surface area contributed by atoms with Crippen LogP contribution < -0.4 is 0 Å². The Bertz CT molecular complexity index is 578. The van der Waals surface area contributed by atoms with Crippen LogP contribution in [-0.4, -0.2) is 10.1 Å². The number of rotatable bonds is 2. The van der Waals surface area contributed by atoms with Crippen molar-refractivity contribution < 1.29 is 9.50 Å². The van der Waals surface area contributed by atoms with Gasteiger partial charge in [0.05, 0.1) is 17.8 Å². The largest absolute Gasteiger partial charge is 0.384 e. The summed E-state index contributed by atoms with van der Waals surface area (Å²) >= 11 is 0. The second-order valence-electron chi connectivity index (χ2n) is 3.54. The number of hydrogen-bond donors (Lipinski definition) is 1. The standard InChI is InChI=1S/C13H9FN2O/c14-12-8-16-5-4-11(12)13(17)10-3-1-2-9(6-10)7-15/h1-6,8,13,17H. The summed E-state index contributed by atoms with van der Waals surface area (Å²) in [7, 11) is 0. The minimum atomic E-state index is -1.09. The third-order valence-corrected chi connectivity index (χ3v) is 2.43. The van der Waals surface area contributed by atoms with Gasteiger partial charge in [0.15, 0.2) is 0 Å². The highest BCUT2D eigenvalue weighted by atomic mass is 19.1. The van der Waals surface area contributed by atoms with Gasteiger partial charge in [-0.2, -0.15) is 5.26 Å². The Morgan fingerprint density at radius 1 is 1.35 bits per heavy atom. The summed E-state index contributed by atoms with van der Waals surface area (Å²) in [4.78, 5) is 3.62. The fourth-order valence-electron chi connectivity index (χ4n) is 1.57. The molecule has 1 heterocycles. The maximum absolute atomic E-state index is 13.4. The Hall–Kier alpha value is -2.25. The first-order chi connectivity index (χ1) is 8.22. The first-order valence-electron chi connectivity index (χ1n) is 5.00. The third kappa shape index (κ3) is 2.30. The van der Waals surface area contributed by atoms with Gasteiger partial charge < -0.3 is 5.11 Å². The molecule has 17 heavy (non-hydrogen) atoms. The maximum atomic E-state index is 13.4. The summed E-state index contributed by atoms with van der Waals surface area (Å²) in [6.45, 7) is 0. The Morgan fingerprint density at radius 2 is 2.18 bits per heavy atom. The van der Waals surface area contributed by atoms with Crippen molar-refractivity contribution in [3.05, 3.63) is 65.2 Å². The van der Waals surface area contributed by atoms with Gasteiger partial charge in [-0.25, -0.2) is 4.39 Å². The summed E-state index contributed by atoms with van der Waals surface area (Å²) in [6.07, 6.45) is 1.37. The number of benzene rings is 1. The number of aromatic nitrogens is 1. The van der Waals surface area contributed by atoms with Crippen LogP contribution in [0.5, 0.6) is 0 Å². The second kappa shape index (κ2) is 4.73. The Balaban J connectivity index is 2.41. The van der Waals surface area contributed by atoms with Gasteiger partial charge in [0.2, 0.25) is 0 Å². The molecule has 0 aliphatic carbocycles. The predicted octanol–water partition coefficient (Wildman–Crippen LogP) is 2.17. The topological polar surface area (TPSA) is 56.9 Å². The molecule has 0 bridgehead atoms. The molecule has 2 aromatic rings. The Labute approximate surface area is 97.8 Å². The molecule has 0 saturated carbocycles. The van der Waals surface area contributed by atoms with E-state index in [0.717, 1.165) is 6.20 Å². The third-order valence-electron chi connectivity index (χ3n) is 2.43. The molecule has 1 aromatic carbocycles. The van der Waals surface area contributed by atoms with Gasteiger partial charge in [-0.15, -0.1) is 0 Å². The molecule has 3 nitrogen and oxygen atoms in total. The maximum Gasteiger partial charge on any atom is 0.147 e.